The molecule has 2 atom stereocenters. The maximum absolute atomic E-state index is 10.3. The number of piperidine rings is 1. The van der Waals surface area contributed by atoms with Gasteiger partial charge in [-0.15, -0.1) is 0 Å². The van der Waals surface area contributed by atoms with Crippen molar-refractivity contribution < 1.29 is 9.94 Å². The first-order valence-corrected chi connectivity index (χ1v) is 6.28. The molecule has 16 heavy (non-hydrogen) atoms. The lowest BCUT2D eigenvalue weighted by Gasteiger charge is -2.59. The number of nitrogens with zero attached hydrogens (tertiary/aromatic N) is 1. The van der Waals surface area contributed by atoms with Gasteiger partial charge in [0.05, 0.1) is 12.7 Å². The van der Waals surface area contributed by atoms with Crippen LogP contribution in [-0.2, 0) is 4.84 Å². The molecule has 0 aromatic heterocycles. The van der Waals surface area contributed by atoms with Gasteiger partial charge in [-0.3, -0.25) is 4.84 Å². The zero-order chi connectivity index (χ0) is 12.7. The molecule has 1 fully saturated rings. The van der Waals surface area contributed by atoms with Gasteiger partial charge in [0, 0.05) is 22.9 Å². The predicted octanol–water partition coefficient (Wildman–Crippen LogP) is 2.44. The molecule has 0 aliphatic carbocycles. The molecule has 0 bridgehead atoms. The highest BCUT2D eigenvalue weighted by Gasteiger charge is 2.54. The molecule has 0 aromatic carbocycles. The van der Waals surface area contributed by atoms with E-state index in [9.17, 15) is 5.11 Å². The topological polar surface area (TPSA) is 32.7 Å². The van der Waals surface area contributed by atoms with Crippen LogP contribution in [0.1, 0.15) is 48.5 Å². The van der Waals surface area contributed by atoms with Gasteiger partial charge in [0.25, 0.3) is 0 Å². The largest absolute Gasteiger partial charge is 0.392 e. The first-order chi connectivity index (χ1) is 7.17. The quantitative estimate of drug-likeness (QED) is 0.789. The van der Waals surface area contributed by atoms with E-state index in [1.54, 1.807) is 0 Å². The third kappa shape index (κ3) is 1.89. The summed E-state index contributed by atoms with van der Waals surface area (Å²) in [6, 6.07) is 0. The maximum Gasteiger partial charge on any atom is 0.0657 e. The van der Waals surface area contributed by atoms with Crippen LogP contribution >= 0.6 is 0 Å². The first-order valence-electron chi connectivity index (χ1n) is 6.28. The molecule has 0 aromatic rings. The highest BCUT2D eigenvalue weighted by atomic mass is 16.7. The minimum absolute atomic E-state index is 0.147. The van der Waals surface area contributed by atoms with Gasteiger partial charge in [-0.1, -0.05) is 13.8 Å². The van der Waals surface area contributed by atoms with E-state index >= 15 is 0 Å². The Kier molecular flexibility index (Phi) is 3.73. The Bertz CT molecular complexity index is 228. The monoisotopic (exact) mass is 229 g/mol. The molecule has 1 rings (SSSR count). The van der Waals surface area contributed by atoms with E-state index in [0.717, 1.165) is 0 Å². The van der Waals surface area contributed by atoms with Crippen LogP contribution in [0, 0.1) is 11.8 Å². The predicted molar refractivity (Wildman–Crippen MR) is 66.0 cm³/mol. The second kappa shape index (κ2) is 4.28. The minimum atomic E-state index is -0.276. The van der Waals surface area contributed by atoms with E-state index in [1.807, 2.05) is 6.92 Å². The van der Waals surface area contributed by atoms with Crippen molar-refractivity contribution in [3.63, 3.8) is 0 Å². The number of aliphatic hydroxyl groups is 1. The molecule has 96 valence electrons. The minimum Gasteiger partial charge on any atom is -0.392 e. The second-order valence-electron chi connectivity index (χ2n) is 6.09. The van der Waals surface area contributed by atoms with Gasteiger partial charge in [0.1, 0.15) is 0 Å². The second-order valence-corrected chi connectivity index (χ2v) is 6.09. The lowest BCUT2D eigenvalue weighted by atomic mass is 9.67. The summed E-state index contributed by atoms with van der Waals surface area (Å²) >= 11 is 0. The molecule has 1 N–H and O–H groups in total. The fourth-order valence-electron chi connectivity index (χ4n) is 2.84. The van der Waals surface area contributed by atoms with Gasteiger partial charge in [-0.25, -0.2) is 0 Å². The number of hydrogen-bond donors (Lipinski definition) is 1. The Morgan fingerprint density at radius 1 is 1.06 bits per heavy atom. The van der Waals surface area contributed by atoms with Crippen LogP contribution in [0.4, 0.5) is 0 Å². The van der Waals surface area contributed by atoms with Crippen LogP contribution in [0.2, 0.25) is 0 Å². The summed E-state index contributed by atoms with van der Waals surface area (Å²) in [5.74, 6) is 0.393. The van der Waals surface area contributed by atoms with Crippen LogP contribution in [-0.4, -0.2) is 34.0 Å². The zero-order valence-corrected chi connectivity index (χ0v) is 11.7. The molecule has 1 aliphatic rings. The maximum atomic E-state index is 10.3. The number of hydroxylamine groups is 2. The van der Waals surface area contributed by atoms with Gasteiger partial charge in [-0.2, -0.15) is 5.06 Å². The summed E-state index contributed by atoms with van der Waals surface area (Å²) < 4.78 is 0. The lowest BCUT2D eigenvalue weighted by molar-refractivity contribution is -0.320. The van der Waals surface area contributed by atoms with Crippen molar-refractivity contribution >= 4 is 0 Å². The number of hydrogen-bond acceptors (Lipinski definition) is 3. The Hall–Kier alpha value is -0.120. The van der Waals surface area contributed by atoms with Crippen molar-refractivity contribution in [1.82, 2.24) is 5.06 Å². The molecular weight excluding hydrogens is 202 g/mol. The van der Waals surface area contributed by atoms with Crippen molar-refractivity contribution in [2.24, 2.45) is 11.8 Å². The summed E-state index contributed by atoms with van der Waals surface area (Å²) in [7, 11) is 0. The summed E-state index contributed by atoms with van der Waals surface area (Å²) in [5, 5.41) is 12.4. The fourth-order valence-corrected chi connectivity index (χ4v) is 2.84. The molecular formula is C13H27NO2. The Balaban J connectivity index is 3.10. The van der Waals surface area contributed by atoms with Gasteiger partial charge < -0.3 is 5.11 Å². The van der Waals surface area contributed by atoms with E-state index in [-0.39, 0.29) is 29.0 Å². The van der Waals surface area contributed by atoms with Gasteiger partial charge >= 0.3 is 0 Å². The van der Waals surface area contributed by atoms with Crippen molar-refractivity contribution in [3.05, 3.63) is 0 Å². The van der Waals surface area contributed by atoms with Crippen LogP contribution in [0.3, 0.4) is 0 Å². The van der Waals surface area contributed by atoms with Crippen molar-refractivity contribution in [3.8, 4) is 0 Å². The Morgan fingerprint density at radius 2 is 1.44 bits per heavy atom. The molecule has 3 nitrogen and oxygen atoms in total. The Morgan fingerprint density at radius 3 is 1.75 bits per heavy atom. The van der Waals surface area contributed by atoms with Crippen LogP contribution < -0.4 is 0 Å². The third-order valence-corrected chi connectivity index (χ3v) is 4.56. The normalized spacial score (nSPS) is 38.6. The number of aliphatic hydroxyl groups excluding tert-OH is 1. The fraction of sp³-hybridized carbons (Fsp3) is 1.00. The molecule has 0 amide bonds. The van der Waals surface area contributed by atoms with E-state index in [0.29, 0.717) is 6.61 Å². The summed E-state index contributed by atoms with van der Waals surface area (Å²) in [4.78, 5) is 5.82. The van der Waals surface area contributed by atoms with E-state index < -0.39 is 0 Å². The van der Waals surface area contributed by atoms with E-state index in [2.05, 4.69) is 46.6 Å². The average molecular weight is 229 g/mol. The third-order valence-electron chi connectivity index (χ3n) is 4.56. The highest BCUT2D eigenvalue weighted by molar-refractivity contribution is 5.04. The van der Waals surface area contributed by atoms with Crippen LogP contribution in [0.15, 0.2) is 0 Å². The summed E-state index contributed by atoms with van der Waals surface area (Å²) in [6.45, 7) is 15.4. The van der Waals surface area contributed by atoms with E-state index in [1.165, 1.54) is 0 Å². The zero-order valence-electron chi connectivity index (χ0n) is 11.7. The summed E-state index contributed by atoms with van der Waals surface area (Å²) in [6.07, 6.45) is -0.276. The summed E-state index contributed by atoms with van der Waals surface area (Å²) in [5.41, 5.74) is -0.295. The molecule has 0 spiro atoms. The molecule has 2 unspecified atom stereocenters. The molecule has 0 radical (unpaired) electrons. The van der Waals surface area contributed by atoms with Crippen molar-refractivity contribution in [2.45, 2.75) is 65.6 Å². The molecule has 1 aliphatic heterocycles. The van der Waals surface area contributed by atoms with Crippen molar-refractivity contribution in [2.75, 3.05) is 6.61 Å². The number of rotatable bonds is 2. The average Bonchev–Trinajstić information content (AvgIpc) is 2.20. The van der Waals surface area contributed by atoms with E-state index in [4.69, 9.17) is 4.84 Å². The van der Waals surface area contributed by atoms with Crippen LogP contribution in [0.25, 0.3) is 0 Å². The molecule has 3 heteroatoms. The molecule has 1 saturated heterocycles. The van der Waals surface area contributed by atoms with Gasteiger partial charge in [0.2, 0.25) is 0 Å². The van der Waals surface area contributed by atoms with Crippen molar-refractivity contribution in [1.29, 1.82) is 0 Å². The molecule has 1 heterocycles. The standard InChI is InChI=1S/C13H27NO2/c1-8-16-14-12(4,5)9(2)11(15)10(3)13(14,6)7/h9-11,15H,8H2,1-7H3. The van der Waals surface area contributed by atoms with Crippen LogP contribution in [0.5, 0.6) is 0 Å². The highest BCUT2D eigenvalue weighted by Crippen LogP contribution is 2.45. The first kappa shape index (κ1) is 13.9. The Labute approximate surface area is 99.7 Å². The van der Waals surface area contributed by atoms with Gasteiger partial charge in [-0.05, 0) is 34.6 Å². The lowest BCUT2D eigenvalue weighted by Crippen LogP contribution is -2.69. The molecule has 0 saturated carbocycles. The smallest absolute Gasteiger partial charge is 0.0657 e. The SMILES string of the molecule is CCON1C(C)(C)C(C)C(O)C(C)C1(C)C. The van der Waals surface area contributed by atoms with Gasteiger partial charge in [0.15, 0.2) is 0 Å².